The van der Waals surface area contributed by atoms with Crippen molar-refractivity contribution in [3.8, 4) is 0 Å². The van der Waals surface area contributed by atoms with Gasteiger partial charge in [0.1, 0.15) is 0 Å². The van der Waals surface area contributed by atoms with E-state index in [1.54, 1.807) is 24.3 Å². The molecule has 0 radical (unpaired) electrons. The first kappa shape index (κ1) is 9.73. The number of halogens is 1. The van der Waals surface area contributed by atoms with Crippen molar-refractivity contribution in [2.24, 2.45) is 5.10 Å². The van der Waals surface area contributed by atoms with Gasteiger partial charge in [0.25, 0.3) is 0 Å². The molecular weight excluding hydrogens is 234 g/mol. The van der Waals surface area contributed by atoms with Crippen LogP contribution in [0.5, 0.6) is 0 Å². The lowest BCUT2D eigenvalue weighted by Gasteiger charge is -1.94. The van der Waals surface area contributed by atoms with Crippen molar-refractivity contribution >= 4 is 27.9 Å². The van der Waals surface area contributed by atoms with Crippen molar-refractivity contribution in [2.75, 3.05) is 0 Å². The summed E-state index contributed by atoms with van der Waals surface area (Å²) in [7, 11) is 0. The number of ketones is 1. The van der Waals surface area contributed by atoms with E-state index in [2.05, 4.69) is 21.0 Å². The van der Waals surface area contributed by atoms with E-state index in [0.29, 0.717) is 5.56 Å². The molecule has 0 aromatic heterocycles. The lowest BCUT2D eigenvalue weighted by atomic mass is 10.1. The zero-order valence-electron chi connectivity index (χ0n) is 6.57. The second kappa shape index (κ2) is 4.61. The Labute approximate surface area is 83.3 Å². The van der Waals surface area contributed by atoms with Crippen LogP contribution in [0.4, 0.5) is 0 Å². The molecule has 13 heavy (non-hydrogen) atoms. The first-order valence-corrected chi connectivity index (χ1v) is 4.25. The molecule has 0 aliphatic carbocycles. The molecule has 0 heterocycles. The smallest absolute Gasteiger partial charge is 0.187 e. The molecule has 66 valence electrons. The minimum atomic E-state index is -0.269. The molecule has 0 aliphatic rings. The monoisotopic (exact) mass is 239 g/mol. The summed E-state index contributed by atoms with van der Waals surface area (Å²) >= 11 is 3.25. The first-order chi connectivity index (χ1) is 6.24. The van der Waals surface area contributed by atoms with Gasteiger partial charge < -0.3 is 0 Å². The van der Waals surface area contributed by atoms with Crippen LogP contribution in [-0.2, 0) is 0 Å². The van der Waals surface area contributed by atoms with Crippen molar-refractivity contribution in [3.05, 3.63) is 39.8 Å². The molecule has 0 fully saturated rings. The van der Waals surface area contributed by atoms with Crippen molar-refractivity contribution in [1.29, 1.82) is 0 Å². The third-order valence-corrected chi connectivity index (χ3v) is 1.90. The Hall–Kier alpha value is -1.36. The van der Waals surface area contributed by atoms with E-state index in [4.69, 9.17) is 5.53 Å². The number of rotatable bonds is 3. The lowest BCUT2D eigenvalue weighted by Crippen LogP contribution is -2.54. The summed E-state index contributed by atoms with van der Waals surface area (Å²) in [6.45, 7) is 0. The van der Waals surface area contributed by atoms with Crippen LogP contribution >= 0.6 is 15.9 Å². The van der Waals surface area contributed by atoms with Crippen LogP contribution in [0.1, 0.15) is 10.4 Å². The number of hydrazone groups is 1. The van der Waals surface area contributed by atoms with Gasteiger partial charge in [-0.25, -0.2) is 0 Å². The predicted molar refractivity (Wildman–Crippen MR) is 51.3 cm³/mol. The van der Waals surface area contributed by atoms with Crippen LogP contribution in [0.2, 0.25) is 0 Å². The average Bonchev–Trinajstić information content (AvgIpc) is 2.15. The largest absolute Gasteiger partial charge is 0.289 e. The van der Waals surface area contributed by atoms with Gasteiger partial charge in [0.2, 0.25) is 0 Å². The van der Waals surface area contributed by atoms with Crippen LogP contribution in [0.3, 0.4) is 0 Å². The van der Waals surface area contributed by atoms with Crippen LogP contribution in [0.15, 0.2) is 33.8 Å². The summed E-state index contributed by atoms with van der Waals surface area (Å²) < 4.78 is 0.904. The third kappa shape index (κ3) is 2.87. The molecule has 0 saturated carbocycles. The molecule has 4 nitrogen and oxygen atoms in total. The molecule has 0 saturated heterocycles. The highest BCUT2D eigenvalue weighted by Crippen LogP contribution is 2.10. The molecule has 0 aliphatic heterocycles. The summed E-state index contributed by atoms with van der Waals surface area (Å²) in [6, 6.07) is 6.84. The van der Waals surface area contributed by atoms with Crippen molar-refractivity contribution in [2.45, 2.75) is 0 Å². The van der Waals surface area contributed by atoms with Gasteiger partial charge in [-0.1, -0.05) is 15.9 Å². The molecule has 0 atom stereocenters. The number of hydrogen-bond donors (Lipinski definition) is 1. The molecule has 5 heteroatoms. The SMILES string of the molecule is [N-]=[NH+]N=CC(=O)c1ccc(Br)cc1. The van der Waals surface area contributed by atoms with Gasteiger partial charge in [0.15, 0.2) is 5.78 Å². The summed E-state index contributed by atoms with van der Waals surface area (Å²) in [5, 5.41) is 4.71. The number of benzene rings is 1. The van der Waals surface area contributed by atoms with E-state index in [-0.39, 0.29) is 5.78 Å². The Morgan fingerprint density at radius 1 is 1.46 bits per heavy atom. The van der Waals surface area contributed by atoms with Crippen LogP contribution in [-0.4, -0.2) is 12.0 Å². The van der Waals surface area contributed by atoms with Crippen molar-refractivity contribution in [3.63, 3.8) is 0 Å². The molecule has 0 spiro atoms. The van der Waals surface area contributed by atoms with E-state index < -0.39 is 0 Å². The Bertz CT molecular complexity index is 345. The maximum absolute atomic E-state index is 11.2. The Morgan fingerprint density at radius 2 is 2.08 bits per heavy atom. The average molecular weight is 240 g/mol. The summed E-state index contributed by atoms with van der Waals surface area (Å²) in [5.74, 6) is -0.269. The van der Waals surface area contributed by atoms with Gasteiger partial charge in [-0.3, -0.25) is 4.79 Å². The Morgan fingerprint density at radius 3 is 2.62 bits per heavy atom. The normalized spacial score (nSPS) is 10.2. The first-order valence-electron chi connectivity index (χ1n) is 3.46. The van der Waals surface area contributed by atoms with Gasteiger partial charge >= 0.3 is 0 Å². The van der Waals surface area contributed by atoms with Crippen molar-refractivity contribution < 1.29 is 10.0 Å². The maximum atomic E-state index is 11.2. The standard InChI is InChI=1S/C8H6BrN3O/c9-7-3-1-6(2-4-7)8(13)5-11-12-10/h1-5,12H. The number of nitrogens with zero attached hydrogens (tertiary/aromatic N) is 2. The second-order valence-corrected chi connectivity index (χ2v) is 3.15. The molecule has 1 rings (SSSR count). The van der Waals surface area contributed by atoms with Crippen molar-refractivity contribution in [1.82, 2.24) is 0 Å². The Balaban J connectivity index is 2.83. The van der Waals surface area contributed by atoms with Gasteiger partial charge in [-0.2, -0.15) is 15.9 Å². The zero-order valence-corrected chi connectivity index (χ0v) is 8.15. The summed E-state index contributed by atoms with van der Waals surface area (Å²) in [5.41, 5.74) is 8.61. The fourth-order valence-electron chi connectivity index (χ4n) is 0.776. The third-order valence-electron chi connectivity index (χ3n) is 1.37. The molecule has 0 unspecified atom stereocenters. The fourth-order valence-corrected chi connectivity index (χ4v) is 1.04. The number of carbonyl (C=O) groups is 1. The number of carbonyl (C=O) groups excluding carboxylic acids is 1. The topological polar surface area (TPSA) is 65.7 Å². The van der Waals surface area contributed by atoms with E-state index in [1.807, 2.05) is 0 Å². The number of Topliss-reactive ketones (excluding diaryl/α,β-unsaturated/α-hetero) is 1. The highest BCUT2D eigenvalue weighted by Gasteiger charge is 1.99. The zero-order chi connectivity index (χ0) is 9.68. The van der Waals surface area contributed by atoms with E-state index >= 15 is 0 Å². The molecule has 1 aromatic rings. The van der Waals surface area contributed by atoms with E-state index in [9.17, 15) is 4.79 Å². The van der Waals surface area contributed by atoms with Gasteiger partial charge in [0, 0.05) is 16.3 Å². The quantitative estimate of drug-likeness (QED) is 0.359. The van der Waals surface area contributed by atoms with Crippen LogP contribution in [0.25, 0.3) is 5.53 Å². The van der Waals surface area contributed by atoms with Crippen LogP contribution in [0, 0.1) is 0 Å². The van der Waals surface area contributed by atoms with Gasteiger partial charge in [0.05, 0.1) is 0 Å². The van der Waals surface area contributed by atoms with Gasteiger partial charge in [-0.05, 0) is 24.3 Å². The van der Waals surface area contributed by atoms with E-state index in [0.717, 1.165) is 10.7 Å². The molecular formula is C8H6BrN3O. The number of hydrogen-bond acceptors (Lipinski definition) is 1. The minimum Gasteiger partial charge on any atom is -0.289 e. The highest BCUT2D eigenvalue weighted by atomic mass is 79.9. The highest BCUT2D eigenvalue weighted by molar-refractivity contribution is 9.10. The summed E-state index contributed by atoms with van der Waals surface area (Å²) in [4.78, 5) is 11.2. The minimum absolute atomic E-state index is 0.269. The van der Waals surface area contributed by atoms with Crippen LogP contribution < -0.4 is 5.22 Å². The molecule has 0 amide bonds. The molecule has 1 aromatic carbocycles. The Kier molecular flexibility index (Phi) is 3.45. The van der Waals surface area contributed by atoms with E-state index in [1.165, 1.54) is 5.22 Å². The summed E-state index contributed by atoms with van der Waals surface area (Å²) in [6.07, 6.45) is 1.00. The predicted octanol–water partition coefficient (Wildman–Crippen LogP) is 0.720. The fraction of sp³-hybridized carbons (Fsp3) is 0. The lowest BCUT2D eigenvalue weighted by molar-refractivity contribution is -0.485. The molecule has 0 bridgehead atoms. The number of nitrogens with one attached hydrogen (secondary N) is 1. The van der Waals surface area contributed by atoms with Gasteiger partial charge in [-0.15, -0.1) is 0 Å². The maximum Gasteiger partial charge on any atom is 0.187 e. The molecule has 1 N–H and O–H groups in total. The second-order valence-electron chi connectivity index (χ2n) is 2.23.